The van der Waals surface area contributed by atoms with E-state index in [0.29, 0.717) is 0 Å². The monoisotopic (exact) mass is 472 g/mol. The van der Waals surface area contributed by atoms with E-state index in [0.717, 1.165) is 45.3 Å². The first-order chi connectivity index (χ1) is 17.8. The van der Waals surface area contributed by atoms with Crippen molar-refractivity contribution in [3.63, 3.8) is 0 Å². The number of hydrogen-bond donors (Lipinski definition) is 2. The molecular weight excluding hydrogens is 444 g/mol. The van der Waals surface area contributed by atoms with E-state index in [1.54, 1.807) is 0 Å². The van der Waals surface area contributed by atoms with Crippen LogP contribution in [0.4, 0.5) is 34.1 Å². The van der Waals surface area contributed by atoms with Crippen LogP contribution >= 0.6 is 0 Å². The van der Waals surface area contributed by atoms with E-state index in [-0.39, 0.29) is 13.2 Å². The first kappa shape index (κ1) is 23.4. The normalized spacial score (nSPS) is 10.7. The summed E-state index contributed by atoms with van der Waals surface area (Å²) >= 11 is 0. The van der Waals surface area contributed by atoms with Gasteiger partial charge in [0.15, 0.2) is 0 Å². The number of aliphatic hydroxyl groups is 2. The second-order valence-electron chi connectivity index (χ2n) is 8.51. The standard InChI is InChI=1S/C32H28N2O2/c35-23-25-14-18-29(19-15-25)33(27-8-3-1-4-9-27)31-12-7-13-32(22-31)34(28-10-5-2-6-11-28)30-20-16-26(24-36)17-21-30/h1-22,35-36H,23-24H2. The molecule has 0 saturated heterocycles. The molecule has 0 atom stereocenters. The predicted molar refractivity (Wildman–Crippen MR) is 148 cm³/mol. The van der Waals surface area contributed by atoms with E-state index < -0.39 is 0 Å². The molecule has 5 rings (SSSR count). The molecule has 36 heavy (non-hydrogen) atoms. The van der Waals surface area contributed by atoms with Crippen LogP contribution in [-0.4, -0.2) is 10.2 Å². The van der Waals surface area contributed by atoms with E-state index in [1.807, 2.05) is 84.9 Å². The molecule has 2 N–H and O–H groups in total. The highest BCUT2D eigenvalue weighted by Gasteiger charge is 2.17. The largest absolute Gasteiger partial charge is 0.392 e. The van der Waals surface area contributed by atoms with Gasteiger partial charge in [0, 0.05) is 34.1 Å². The van der Waals surface area contributed by atoms with Crippen molar-refractivity contribution in [3.05, 3.63) is 145 Å². The van der Waals surface area contributed by atoms with Gasteiger partial charge in [-0.15, -0.1) is 0 Å². The second-order valence-corrected chi connectivity index (χ2v) is 8.51. The van der Waals surface area contributed by atoms with Gasteiger partial charge >= 0.3 is 0 Å². The molecule has 0 fully saturated rings. The molecule has 0 saturated carbocycles. The number of anilines is 6. The molecular formula is C32H28N2O2. The maximum atomic E-state index is 9.52. The molecule has 0 radical (unpaired) electrons. The van der Waals surface area contributed by atoms with Gasteiger partial charge < -0.3 is 20.0 Å². The van der Waals surface area contributed by atoms with Crippen LogP contribution in [0.2, 0.25) is 0 Å². The van der Waals surface area contributed by atoms with Crippen LogP contribution < -0.4 is 9.80 Å². The summed E-state index contributed by atoms with van der Waals surface area (Å²) in [6.07, 6.45) is 0. The van der Waals surface area contributed by atoms with Crippen LogP contribution in [0.5, 0.6) is 0 Å². The number of hydrogen-bond acceptors (Lipinski definition) is 4. The fourth-order valence-corrected chi connectivity index (χ4v) is 4.32. The number of rotatable bonds is 8. The van der Waals surface area contributed by atoms with Gasteiger partial charge in [-0.1, -0.05) is 66.7 Å². The zero-order chi connectivity index (χ0) is 24.7. The summed E-state index contributed by atoms with van der Waals surface area (Å²) in [7, 11) is 0. The topological polar surface area (TPSA) is 46.9 Å². The molecule has 178 valence electrons. The molecule has 4 nitrogen and oxygen atoms in total. The SMILES string of the molecule is OCc1ccc(N(c2ccccc2)c2cccc(N(c3ccccc3)c3ccc(CO)cc3)c2)cc1. The lowest BCUT2D eigenvalue weighted by molar-refractivity contribution is 0.281. The Kier molecular flexibility index (Phi) is 7.08. The van der Waals surface area contributed by atoms with E-state index in [2.05, 4.69) is 58.3 Å². The van der Waals surface area contributed by atoms with Crippen molar-refractivity contribution in [3.8, 4) is 0 Å². The third-order valence-corrected chi connectivity index (χ3v) is 6.13. The Labute approximate surface area is 211 Å². The summed E-state index contributed by atoms with van der Waals surface area (Å²) in [5.74, 6) is 0. The number of nitrogens with zero attached hydrogens (tertiary/aromatic N) is 2. The minimum atomic E-state index is 0.0161. The molecule has 0 amide bonds. The fraction of sp³-hybridized carbons (Fsp3) is 0.0625. The van der Waals surface area contributed by atoms with Crippen molar-refractivity contribution in [2.24, 2.45) is 0 Å². The van der Waals surface area contributed by atoms with Gasteiger partial charge in [-0.05, 0) is 77.9 Å². The summed E-state index contributed by atoms with van der Waals surface area (Å²) in [6, 6.07) is 45.0. The molecule has 0 bridgehead atoms. The van der Waals surface area contributed by atoms with Gasteiger partial charge in [-0.25, -0.2) is 0 Å². The Bertz CT molecular complexity index is 1280. The maximum Gasteiger partial charge on any atom is 0.0681 e. The Morgan fingerprint density at radius 3 is 1.06 bits per heavy atom. The third kappa shape index (κ3) is 5.01. The number of para-hydroxylation sites is 2. The zero-order valence-electron chi connectivity index (χ0n) is 19.9. The summed E-state index contributed by atoms with van der Waals surface area (Å²) in [5.41, 5.74) is 7.90. The lowest BCUT2D eigenvalue weighted by atomic mass is 10.1. The molecule has 0 spiro atoms. The summed E-state index contributed by atoms with van der Waals surface area (Å²) in [5, 5.41) is 19.0. The minimum Gasteiger partial charge on any atom is -0.392 e. The molecule has 5 aromatic rings. The van der Waals surface area contributed by atoms with Crippen molar-refractivity contribution in [2.45, 2.75) is 13.2 Å². The summed E-state index contributed by atoms with van der Waals surface area (Å²) in [6.45, 7) is 0.0322. The molecule has 0 aliphatic heterocycles. The molecule has 5 aromatic carbocycles. The van der Waals surface area contributed by atoms with Crippen LogP contribution in [0.1, 0.15) is 11.1 Å². The van der Waals surface area contributed by atoms with E-state index in [4.69, 9.17) is 0 Å². The van der Waals surface area contributed by atoms with Crippen LogP contribution in [0.15, 0.2) is 133 Å². The molecule has 0 aliphatic carbocycles. The number of aliphatic hydroxyl groups excluding tert-OH is 2. The highest BCUT2D eigenvalue weighted by atomic mass is 16.3. The molecule has 0 aliphatic rings. The highest BCUT2D eigenvalue weighted by Crippen LogP contribution is 2.40. The third-order valence-electron chi connectivity index (χ3n) is 6.13. The lowest BCUT2D eigenvalue weighted by Gasteiger charge is -2.29. The number of benzene rings is 5. The van der Waals surface area contributed by atoms with Gasteiger partial charge in [0.25, 0.3) is 0 Å². The Balaban J connectivity index is 1.63. The van der Waals surface area contributed by atoms with Crippen LogP contribution in [0.25, 0.3) is 0 Å². The summed E-state index contributed by atoms with van der Waals surface area (Å²) in [4.78, 5) is 4.42. The van der Waals surface area contributed by atoms with Crippen molar-refractivity contribution >= 4 is 34.1 Å². The maximum absolute atomic E-state index is 9.52. The Morgan fingerprint density at radius 2 is 0.694 bits per heavy atom. The molecule has 0 aromatic heterocycles. The van der Waals surface area contributed by atoms with Gasteiger partial charge in [-0.3, -0.25) is 0 Å². The first-order valence-corrected chi connectivity index (χ1v) is 12.0. The van der Waals surface area contributed by atoms with Crippen LogP contribution in [0.3, 0.4) is 0 Å². The van der Waals surface area contributed by atoms with Crippen molar-refractivity contribution in [1.29, 1.82) is 0 Å². The summed E-state index contributed by atoms with van der Waals surface area (Å²) < 4.78 is 0. The molecule has 0 unspecified atom stereocenters. The van der Waals surface area contributed by atoms with Gasteiger partial charge in [0.05, 0.1) is 13.2 Å². The fourth-order valence-electron chi connectivity index (χ4n) is 4.32. The smallest absolute Gasteiger partial charge is 0.0681 e. The van der Waals surface area contributed by atoms with Crippen LogP contribution in [0, 0.1) is 0 Å². The van der Waals surface area contributed by atoms with Crippen molar-refractivity contribution in [2.75, 3.05) is 9.80 Å². The highest BCUT2D eigenvalue weighted by molar-refractivity contribution is 5.82. The first-order valence-electron chi connectivity index (χ1n) is 12.0. The lowest BCUT2D eigenvalue weighted by Crippen LogP contribution is -2.13. The molecule has 0 heterocycles. The molecule has 4 heteroatoms. The zero-order valence-corrected chi connectivity index (χ0v) is 19.9. The van der Waals surface area contributed by atoms with E-state index in [1.165, 1.54) is 0 Å². The van der Waals surface area contributed by atoms with Gasteiger partial charge in [-0.2, -0.15) is 0 Å². The Hall–Kier alpha value is -4.38. The van der Waals surface area contributed by atoms with Crippen LogP contribution in [-0.2, 0) is 13.2 Å². The predicted octanol–water partition coefficient (Wildman–Crippen LogP) is 7.61. The van der Waals surface area contributed by atoms with E-state index >= 15 is 0 Å². The van der Waals surface area contributed by atoms with Crippen molar-refractivity contribution in [1.82, 2.24) is 0 Å². The minimum absolute atomic E-state index is 0.0161. The average molecular weight is 473 g/mol. The van der Waals surface area contributed by atoms with Gasteiger partial charge in [0.1, 0.15) is 0 Å². The Morgan fingerprint density at radius 1 is 0.361 bits per heavy atom. The van der Waals surface area contributed by atoms with Gasteiger partial charge in [0.2, 0.25) is 0 Å². The van der Waals surface area contributed by atoms with Crippen molar-refractivity contribution < 1.29 is 10.2 Å². The quantitative estimate of drug-likeness (QED) is 0.244. The van der Waals surface area contributed by atoms with E-state index in [9.17, 15) is 10.2 Å². The average Bonchev–Trinajstić information content (AvgIpc) is 2.96. The second kappa shape index (κ2) is 10.9.